The molecule has 7 heteroatoms. The molecule has 29 heavy (non-hydrogen) atoms. The number of carboxylic acid groups (broad SMARTS) is 1. The van der Waals surface area contributed by atoms with Crippen LogP contribution in [0.15, 0.2) is 35.1 Å². The Labute approximate surface area is 169 Å². The molecule has 6 nitrogen and oxygen atoms in total. The number of amides is 1. The van der Waals surface area contributed by atoms with Crippen LogP contribution in [0.2, 0.25) is 0 Å². The third-order valence-corrected chi connectivity index (χ3v) is 5.42. The number of carbonyl (C=O) groups excluding carboxylic acids is 1. The fraction of sp³-hybridized carbons (Fsp3) is 0.409. The van der Waals surface area contributed by atoms with Gasteiger partial charge in [-0.3, -0.25) is 9.59 Å². The van der Waals surface area contributed by atoms with Gasteiger partial charge in [-0.25, -0.2) is 9.18 Å². The van der Waals surface area contributed by atoms with Gasteiger partial charge in [0.25, 0.3) is 11.5 Å². The van der Waals surface area contributed by atoms with Gasteiger partial charge in [-0.15, -0.1) is 0 Å². The largest absolute Gasteiger partial charge is 0.480 e. The summed E-state index contributed by atoms with van der Waals surface area (Å²) < 4.78 is 14.7. The lowest BCUT2D eigenvalue weighted by Crippen LogP contribution is -2.56. The van der Waals surface area contributed by atoms with E-state index < -0.39 is 23.0 Å². The lowest BCUT2D eigenvalue weighted by molar-refractivity contribution is -0.145. The molecule has 1 aromatic carbocycles. The Kier molecular flexibility index (Phi) is 6.62. The number of carboxylic acids is 1. The van der Waals surface area contributed by atoms with Crippen LogP contribution in [-0.2, 0) is 17.8 Å². The highest BCUT2D eigenvalue weighted by molar-refractivity contribution is 5.97. The van der Waals surface area contributed by atoms with Gasteiger partial charge in [0.1, 0.15) is 16.9 Å². The smallest absolute Gasteiger partial charge is 0.329 e. The van der Waals surface area contributed by atoms with E-state index in [0.29, 0.717) is 6.42 Å². The second kappa shape index (κ2) is 8.59. The van der Waals surface area contributed by atoms with E-state index in [1.165, 1.54) is 29.7 Å². The summed E-state index contributed by atoms with van der Waals surface area (Å²) >= 11 is 0. The zero-order chi connectivity index (χ0) is 21.9. The number of benzene rings is 1. The molecule has 156 valence electrons. The summed E-state index contributed by atoms with van der Waals surface area (Å²) in [5.74, 6) is -2.66. The predicted octanol–water partition coefficient (Wildman–Crippen LogP) is 3.14. The van der Waals surface area contributed by atoms with E-state index in [9.17, 15) is 23.9 Å². The minimum atomic E-state index is -1.51. The Morgan fingerprint density at radius 3 is 2.31 bits per heavy atom. The van der Waals surface area contributed by atoms with Gasteiger partial charge < -0.3 is 15.0 Å². The number of pyridine rings is 1. The number of aryl methyl sites for hydroxylation is 1. The maximum atomic E-state index is 13.2. The van der Waals surface area contributed by atoms with Crippen molar-refractivity contribution in [2.75, 3.05) is 0 Å². The molecule has 0 saturated heterocycles. The first kappa shape index (κ1) is 22.3. The number of nitrogens with zero attached hydrogens (tertiary/aromatic N) is 1. The zero-order valence-electron chi connectivity index (χ0n) is 17.4. The van der Waals surface area contributed by atoms with E-state index >= 15 is 0 Å². The Morgan fingerprint density at radius 2 is 1.83 bits per heavy atom. The molecule has 0 aliphatic heterocycles. The molecule has 2 rings (SSSR count). The SMILES string of the molecule is CCc1c(C)cc(C(=O)NC(C)(C(=O)O)C(C)C)c(=O)n1Cc1ccc(F)cc1. The quantitative estimate of drug-likeness (QED) is 0.745. The van der Waals surface area contributed by atoms with Crippen LogP contribution in [0.3, 0.4) is 0 Å². The Balaban J connectivity index is 2.52. The highest BCUT2D eigenvalue weighted by Gasteiger charge is 2.39. The molecule has 0 bridgehead atoms. The van der Waals surface area contributed by atoms with Crippen LogP contribution in [0, 0.1) is 18.7 Å². The normalized spacial score (nSPS) is 13.2. The highest BCUT2D eigenvalue weighted by Crippen LogP contribution is 2.18. The van der Waals surface area contributed by atoms with Crippen LogP contribution >= 0.6 is 0 Å². The van der Waals surface area contributed by atoms with Crippen molar-refractivity contribution in [2.45, 2.75) is 53.1 Å². The van der Waals surface area contributed by atoms with Crippen LogP contribution < -0.4 is 10.9 Å². The topological polar surface area (TPSA) is 88.4 Å². The molecule has 2 aromatic rings. The van der Waals surface area contributed by atoms with Crippen LogP contribution in [-0.4, -0.2) is 27.1 Å². The average Bonchev–Trinajstić information content (AvgIpc) is 2.65. The molecule has 1 heterocycles. The minimum Gasteiger partial charge on any atom is -0.480 e. The van der Waals surface area contributed by atoms with Gasteiger partial charge in [0.05, 0.1) is 6.54 Å². The van der Waals surface area contributed by atoms with Crippen LogP contribution in [0.25, 0.3) is 0 Å². The lowest BCUT2D eigenvalue weighted by Gasteiger charge is -2.30. The van der Waals surface area contributed by atoms with Crippen molar-refractivity contribution in [3.63, 3.8) is 0 Å². The van der Waals surface area contributed by atoms with Gasteiger partial charge in [0.2, 0.25) is 0 Å². The second-order valence-corrected chi connectivity index (χ2v) is 7.68. The lowest BCUT2D eigenvalue weighted by atomic mass is 9.88. The molecular formula is C22H27FN2O4. The summed E-state index contributed by atoms with van der Waals surface area (Å²) in [6, 6.07) is 7.31. The molecule has 0 aliphatic carbocycles. The maximum Gasteiger partial charge on any atom is 0.329 e. The van der Waals surface area contributed by atoms with Gasteiger partial charge in [-0.1, -0.05) is 32.9 Å². The van der Waals surface area contributed by atoms with Gasteiger partial charge in [-0.05, 0) is 55.5 Å². The molecule has 0 radical (unpaired) electrons. The summed E-state index contributed by atoms with van der Waals surface area (Å²) in [6.45, 7) is 8.68. The van der Waals surface area contributed by atoms with Crippen LogP contribution in [0.5, 0.6) is 0 Å². The van der Waals surface area contributed by atoms with E-state index in [4.69, 9.17) is 0 Å². The number of halogens is 1. The van der Waals surface area contributed by atoms with E-state index in [1.54, 1.807) is 32.9 Å². The summed E-state index contributed by atoms with van der Waals surface area (Å²) in [5.41, 5.74) is 0.0999. The van der Waals surface area contributed by atoms with E-state index in [-0.39, 0.29) is 23.8 Å². The number of aliphatic carboxylic acids is 1. The van der Waals surface area contributed by atoms with Crippen molar-refractivity contribution < 1.29 is 19.1 Å². The van der Waals surface area contributed by atoms with Crippen molar-refractivity contribution in [3.05, 3.63) is 68.9 Å². The van der Waals surface area contributed by atoms with Gasteiger partial charge >= 0.3 is 5.97 Å². The van der Waals surface area contributed by atoms with Crippen molar-refractivity contribution in [1.82, 2.24) is 9.88 Å². The van der Waals surface area contributed by atoms with Crippen molar-refractivity contribution in [3.8, 4) is 0 Å². The molecular weight excluding hydrogens is 375 g/mol. The van der Waals surface area contributed by atoms with E-state index in [0.717, 1.165) is 16.8 Å². The second-order valence-electron chi connectivity index (χ2n) is 7.68. The Hall–Kier alpha value is -2.96. The maximum absolute atomic E-state index is 13.2. The molecule has 0 fully saturated rings. The molecule has 0 aliphatic rings. The summed E-state index contributed by atoms with van der Waals surface area (Å²) in [4.78, 5) is 37.7. The average molecular weight is 402 g/mol. The number of aromatic nitrogens is 1. The fourth-order valence-corrected chi connectivity index (χ4v) is 3.16. The highest BCUT2D eigenvalue weighted by atomic mass is 19.1. The Bertz CT molecular complexity index is 980. The molecule has 1 amide bonds. The molecule has 1 unspecified atom stereocenters. The van der Waals surface area contributed by atoms with Gasteiger partial charge in [0.15, 0.2) is 0 Å². The molecule has 1 aromatic heterocycles. The number of hydrogen-bond acceptors (Lipinski definition) is 3. The first-order valence-electron chi connectivity index (χ1n) is 9.54. The number of nitrogens with one attached hydrogen (secondary N) is 1. The third kappa shape index (κ3) is 4.55. The molecule has 0 spiro atoms. The van der Waals surface area contributed by atoms with Crippen molar-refractivity contribution >= 4 is 11.9 Å². The third-order valence-electron chi connectivity index (χ3n) is 5.42. The Morgan fingerprint density at radius 1 is 1.24 bits per heavy atom. The zero-order valence-corrected chi connectivity index (χ0v) is 17.4. The van der Waals surface area contributed by atoms with Crippen LogP contribution in [0.1, 0.15) is 54.9 Å². The first-order chi connectivity index (χ1) is 13.5. The van der Waals surface area contributed by atoms with E-state index in [1.807, 2.05) is 6.92 Å². The van der Waals surface area contributed by atoms with Gasteiger partial charge in [-0.2, -0.15) is 0 Å². The molecule has 0 saturated carbocycles. The summed E-state index contributed by atoms with van der Waals surface area (Å²) in [5, 5.41) is 12.1. The monoisotopic (exact) mass is 402 g/mol. The van der Waals surface area contributed by atoms with Crippen molar-refractivity contribution in [2.24, 2.45) is 5.92 Å². The van der Waals surface area contributed by atoms with Crippen LogP contribution in [0.4, 0.5) is 4.39 Å². The summed E-state index contributed by atoms with van der Waals surface area (Å²) in [7, 11) is 0. The van der Waals surface area contributed by atoms with Gasteiger partial charge in [0, 0.05) is 5.69 Å². The first-order valence-corrected chi connectivity index (χ1v) is 9.54. The summed E-state index contributed by atoms with van der Waals surface area (Å²) in [6.07, 6.45) is 0.572. The number of hydrogen-bond donors (Lipinski definition) is 2. The fourth-order valence-electron chi connectivity index (χ4n) is 3.16. The minimum absolute atomic E-state index is 0.116. The van der Waals surface area contributed by atoms with Crippen molar-refractivity contribution in [1.29, 1.82) is 0 Å². The number of rotatable bonds is 7. The van der Waals surface area contributed by atoms with E-state index in [2.05, 4.69) is 5.32 Å². The number of carbonyl (C=O) groups is 2. The molecule has 1 atom stereocenters. The standard InChI is InChI=1S/C22H27FN2O4/c1-6-18-14(4)11-17(19(26)24-22(5,13(2)3)21(28)29)20(27)25(18)12-15-7-9-16(23)10-8-15/h7-11,13H,6,12H2,1-5H3,(H,24,26)(H,28,29). The molecule has 2 N–H and O–H groups in total. The predicted molar refractivity (Wildman–Crippen MR) is 109 cm³/mol.